The van der Waals surface area contributed by atoms with E-state index in [1.54, 1.807) is 0 Å². The Morgan fingerprint density at radius 3 is 2.33 bits per heavy atom. The van der Waals surface area contributed by atoms with E-state index in [1.165, 1.54) is 19.3 Å². The second-order valence-corrected chi connectivity index (χ2v) is 4.90. The number of hydrogen-bond donors (Lipinski definition) is 1. The van der Waals surface area contributed by atoms with Crippen LogP contribution in [0, 0.1) is 5.92 Å². The van der Waals surface area contributed by atoms with Crippen LogP contribution in [0.15, 0.2) is 0 Å². The summed E-state index contributed by atoms with van der Waals surface area (Å²) in [6, 6.07) is 0. The lowest BCUT2D eigenvalue weighted by molar-refractivity contribution is 0.238. The molecule has 0 spiro atoms. The molecule has 0 aromatic heterocycles. The van der Waals surface area contributed by atoms with Gasteiger partial charge in [-0.15, -0.1) is 0 Å². The van der Waals surface area contributed by atoms with E-state index in [-0.39, 0.29) is 6.61 Å². The van der Waals surface area contributed by atoms with Crippen LogP contribution in [0.2, 0.25) is 0 Å². The van der Waals surface area contributed by atoms with Gasteiger partial charge >= 0.3 is 10.4 Å². The van der Waals surface area contributed by atoms with Gasteiger partial charge in [0.2, 0.25) is 0 Å². The molecule has 0 saturated carbocycles. The molecule has 15 heavy (non-hydrogen) atoms. The molecule has 0 aliphatic rings. The van der Waals surface area contributed by atoms with E-state index < -0.39 is 10.4 Å². The van der Waals surface area contributed by atoms with E-state index in [1.807, 2.05) is 0 Å². The third-order valence-electron chi connectivity index (χ3n) is 2.55. The Morgan fingerprint density at radius 2 is 1.87 bits per heavy atom. The fraction of sp³-hybridized carbons (Fsp3) is 1.00. The highest BCUT2D eigenvalue weighted by Crippen LogP contribution is 2.17. The summed E-state index contributed by atoms with van der Waals surface area (Å²) in [6.45, 7) is 4.33. The fourth-order valence-corrected chi connectivity index (χ4v) is 1.86. The Morgan fingerprint density at radius 1 is 1.20 bits per heavy atom. The molecule has 92 valence electrons. The number of unbranched alkanes of at least 4 members (excludes halogenated alkanes) is 2. The minimum Gasteiger partial charge on any atom is -0.264 e. The number of rotatable bonds is 9. The second kappa shape index (κ2) is 8.07. The Labute approximate surface area is 93.0 Å². The Balaban J connectivity index is 3.61. The van der Waals surface area contributed by atoms with E-state index in [0.717, 1.165) is 12.8 Å². The molecule has 1 unspecified atom stereocenters. The van der Waals surface area contributed by atoms with Crippen LogP contribution in [0.3, 0.4) is 0 Å². The van der Waals surface area contributed by atoms with Gasteiger partial charge < -0.3 is 0 Å². The van der Waals surface area contributed by atoms with Crippen molar-refractivity contribution in [1.29, 1.82) is 0 Å². The third kappa shape index (κ3) is 10.2. The van der Waals surface area contributed by atoms with Gasteiger partial charge in [-0.25, -0.2) is 4.18 Å². The van der Waals surface area contributed by atoms with Gasteiger partial charge in [0.25, 0.3) is 0 Å². The van der Waals surface area contributed by atoms with Crippen LogP contribution in [0.25, 0.3) is 0 Å². The lowest BCUT2D eigenvalue weighted by Crippen LogP contribution is -2.09. The minimum atomic E-state index is -4.25. The first-order valence-electron chi connectivity index (χ1n) is 5.61. The lowest BCUT2D eigenvalue weighted by atomic mass is 9.96. The molecular weight excluding hydrogens is 216 g/mol. The summed E-state index contributed by atoms with van der Waals surface area (Å²) in [6.07, 6.45) is 6.42. The SMILES string of the molecule is CCCCCC(CC)CCOS(=O)(=O)O. The predicted molar refractivity (Wildman–Crippen MR) is 60.0 cm³/mol. The maximum absolute atomic E-state index is 10.3. The van der Waals surface area contributed by atoms with Crippen LogP contribution >= 0.6 is 0 Å². The molecule has 0 radical (unpaired) electrons. The quantitative estimate of drug-likeness (QED) is 0.495. The van der Waals surface area contributed by atoms with Gasteiger partial charge in [-0.2, -0.15) is 8.42 Å². The van der Waals surface area contributed by atoms with Crippen LogP contribution in [0.1, 0.15) is 52.4 Å². The van der Waals surface area contributed by atoms with Gasteiger partial charge in [0.05, 0.1) is 6.61 Å². The largest absolute Gasteiger partial charge is 0.397 e. The van der Waals surface area contributed by atoms with Crippen LogP contribution in [0.5, 0.6) is 0 Å². The standard InChI is InChI=1S/C10H22O4S/c1-3-5-6-7-10(4-2)8-9-14-15(11,12)13/h10H,3-9H2,1-2H3,(H,11,12,13). The highest BCUT2D eigenvalue weighted by Gasteiger charge is 2.09. The molecule has 0 heterocycles. The summed E-state index contributed by atoms with van der Waals surface area (Å²) in [5.74, 6) is 0.498. The third-order valence-corrected chi connectivity index (χ3v) is 3.02. The van der Waals surface area contributed by atoms with Crippen molar-refractivity contribution in [2.75, 3.05) is 6.61 Å². The molecule has 0 aliphatic heterocycles. The average Bonchev–Trinajstić information content (AvgIpc) is 2.14. The monoisotopic (exact) mass is 238 g/mol. The van der Waals surface area contributed by atoms with E-state index in [0.29, 0.717) is 12.3 Å². The molecule has 0 aromatic carbocycles. The highest BCUT2D eigenvalue weighted by atomic mass is 32.3. The summed E-state index contributed by atoms with van der Waals surface area (Å²) >= 11 is 0. The summed E-state index contributed by atoms with van der Waals surface area (Å²) in [4.78, 5) is 0. The summed E-state index contributed by atoms with van der Waals surface area (Å²) in [5, 5.41) is 0. The maximum atomic E-state index is 10.3. The van der Waals surface area contributed by atoms with Crippen molar-refractivity contribution in [3.8, 4) is 0 Å². The smallest absolute Gasteiger partial charge is 0.264 e. The van der Waals surface area contributed by atoms with Crippen molar-refractivity contribution in [3.05, 3.63) is 0 Å². The van der Waals surface area contributed by atoms with Gasteiger partial charge in [0, 0.05) is 0 Å². The van der Waals surface area contributed by atoms with E-state index >= 15 is 0 Å². The van der Waals surface area contributed by atoms with Crippen LogP contribution < -0.4 is 0 Å². The summed E-state index contributed by atoms with van der Waals surface area (Å²) in [5.41, 5.74) is 0. The first-order chi connectivity index (χ1) is 6.99. The average molecular weight is 238 g/mol. The zero-order valence-corrected chi connectivity index (χ0v) is 10.4. The van der Waals surface area contributed by atoms with Crippen molar-refractivity contribution in [2.24, 2.45) is 5.92 Å². The van der Waals surface area contributed by atoms with Crippen LogP contribution in [0.4, 0.5) is 0 Å². The molecule has 0 bridgehead atoms. The molecule has 0 aromatic rings. The summed E-state index contributed by atoms with van der Waals surface area (Å²) < 4.78 is 33.3. The second-order valence-electron chi connectivity index (χ2n) is 3.81. The van der Waals surface area contributed by atoms with Gasteiger partial charge in [0.15, 0.2) is 0 Å². The molecule has 0 fully saturated rings. The van der Waals surface area contributed by atoms with Gasteiger partial charge in [-0.3, -0.25) is 4.55 Å². The maximum Gasteiger partial charge on any atom is 0.397 e. The molecule has 5 heteroatoms. The van der Waals surface area contributed by atoms with E-state index in [2.05, 4.69) is 18.0 Å². The normalized spacial score (nSPS) is 14.1. The molecule has 4 nitrogen and oxygen atoms in total. The molecule has 1 N–H and O–H groups in total. The van der Waals surface area contributed by atoms with Gasteiger partial charge in [0.1, 0.15) is 0 Å². The van der Waals surface area contributed by atoms with E-state index in [9.17, 15) is 8.42 Å². The fourth-order valence-electron chi connectivity index (χ4n) is 1.56. The van der Waals surface area contributed by atoms with Gasteiger partial charge in [-0.05, 0) is 12.3 Å². The predicted octanol–water partition coefficient (Wildman–Crippen LogP) is 2.80. The molecule has 1 atom stereocenters. The molecule has 0 rings (SSSR count). The van der Waals surface area contributed by atoms with Crippen molar-refractivity contribution < 1.29 is 17.2 Å². The highest BCUT2D eigenvalue weighted by molar-refractivity contribution is 7.80. The Hall–Kier alpha value is -0.130. The lowest BCUT2D eigenvalue weighted by Gasteiger charge is -2.13. The van der Waals surface area contributed by atoms with Crippen molar-refractivity contribution in [1.82, 2.24) is 0 Å². The minimum absolute atomic E-state index is 0.0868. The van der Waals surface area contributed by atoms with Gasteiger partial charge in [-0.1, -0.05) is 46.0 Å². The van der Waals surface area contributed by atoms with Crippen molar-refractivity contribution in [2.45, 2.75) is 52.4 Å². The van der Waals surface area contributed by atoms with Crippen molar-refractivity contribution >= 4 is 10.4 Å². The first kappa shape index (κ1) is 14.9. The van der Waals surface area contributed by atoms with Crippen LogP contribution in [-0.4, -0.2) is 19.6 Å². The number of hydrogen-bond acceptors (Lipinski definition) is 3. The molecule has 0 aliphatic carbocycles. The van der Waals surface area contributed by atoms with Crippen molar-refractivity contribution in [3.63, 3.8) is 0 Å². The first-order valence-corrected chi connectivity index (χ1v) is 6.98. The zero-order chi connectivity index (χ0) is 11.7. The topological polar surface area (TPSA) is 63.6 Å². The Kier molecular flexibility index (Phi) is 8.00. The summed E-state index contributed by atoms with van der Waals surface area (Å²) in [7, 11) is -4.25. The molecule has 0 amide bonds. The molecule has 0 saturated heterocycles. The Bertz CT molecular complexity index is 236. The van der Waals surface area contributed by atoms with E-state index in [4.69, 9.17) is 4.55 Å². The van der Waals surface area contributed by atoms with Crippen LogP contribution in [-0.2, 0) is 14.6 Å². The zero-order valence-electron chi connectivity index (χ0n) is 9.61. The molecular formula is C10H22O4S.